The van der Waals surface area contributed by atoms with E-state index in [0.717, 1.165) is 0 Å². The molecule has 32 heavy (non-hydrogen) atoms. The van der Waals surface area contributed by atoms with Gasteiger partial charge in [0, 0.05) is 23.9 Å². The molecule has 3 aromatic rings. The summed E-state index contributed by atoms with van der Waals surface area (Å²) in [5.74, 6) is -1.54. The Bertz CT molecular complexity index is 1290. The van der Waals surface area contributed by atoms with Crippen LogP contribution in [0.1, 0.15) is 44.9 Å². The normalized spacial score (nSPS) is 14.4. The Morgan fingerprint density at radius 3 is 2.09 bits per heavy atom. The van der Waals surface area contributed by atoms with Gasteiger partial charge in [0.15, 0.2) is 12.4 Å². The minimum Gasteiger partial charge on any atom is -0.294 e. The van der Waals surface area contributed by atoms with Crippen molar-refractivity contribution in [1.82, 2.24) is 14.7 Å². The van der Waals surface area contributed by atoms with Gasteiger partial charge in [0.1, 0.15) is 11.4 Å². The third-order valence-corrected chi connectivity index (χ3v) is 5.41. The predicted molar refractivity (Wildman–Crippen MR) is 117 cm³/mol. The van der Waals surface area contributed by atoms with Gasteiger partial charge in [-0.1, -0.05) is 19.9 Å². The molecule has 0 aliphatic carbocycles. The van der Waals surface area contributed by atoms with Crippen molar-refractivity contribution in [3.05, 3.63) is 82.3 Å². The zero-order chi connectivity index (χ0) is 23.2. The van der Waals surface area contributed by atoms with E-state index < -0.39 is 23.2 Å². The number of hydrogen-bond donors (Lipinski definition) is 1. The molecule has 0 saturated heterocycles. The fraction of sp³-hybridized carbons (Fsp3) is 0.250. The lowest BCUT2D eigenvalue weighted by molar-refractivity contribution is -0.576. The van der Waals surface area contributed by atoms with Crippen LogP contribution in [-0.4, -0.2) is 32.5 Å². The summed E-state index contributed by atoms with van der Waals surface area (Å²) in [5, 5.41) is 3.07. The van der Waals surface area contributed by atoms with Gasteiger partial charge in [-0.25, -0.2) is 9.07 Å². The van der Waals surface area contributed by atoms with Gasteiger partial charge in [0.25, 0.3) is 17.2 Å². The Morgan fingerprint density at radius 1 is 0.906 bits per heavy atom. The first-order valence-electron chi connectivity index (χ1n) is 10.4. The van der Waals surface area contributed by atoms with Gasteiger partial charge in [0.2, 0.25) is 0 Å². The number of hydrogen-bond acceptors (Lipinski definition) is 3. The van der Waals surface area contributed by atoms with Gasteiger partial charge in [-0.15, -0.1) is 0 Å². The number of H-pyrrole nitrogens is 1. The molecule has 2 amide bonds. The second-order valence-electron chi connectivity index (χ2n) is 8.25. The molecule has 1 aliphatic heterocycles. The van der Waals surface area contributed by atoms with Gasteiger partial charge >= 0.3 is 5.91 Å². The largest absolute Gasteiger partial charge is 0.327 e. The zero-order valence-corrected chi connectivity index (χ0v) is 18.3. The Kier molecular flexibility index (Phi) is 5.38. The summed E-state index contributed by atoms with van der Waals surface area (Å²) < 4.78 is 16.3. The number of benzene rings is 1. The molecule has 4 rings (SSSR count). The van der Waals surface area contributed by atoms with Crippen molar-refractivity contribution in [2.75, 3.05) is 0 Å². The van der Waals surface area contributed by atoms with Crippen LogP contribution in [0.4, 0.5) is 4.39 Å². The lowest BCUT2D eigenvalue weighted by atomic mass is 9.98. The minimum absolute atomic E-state index is 0.0608. The molecule has 1 aliphatic rings. The number of imide groups is 1. The third kappa shape index (κ3) is 3.37. The van der Waals surface area contributed by atoms with Gasteiger partial charge < -0.3 is 0 Å². The van der Waals surface area contributed by atoms with Crippen LogP contribution in [0.3, 0.4) is 0 Å². The van der Waals surface area contributed by atoms with Crippen LogP contribution in [0.2, 0.25) is 0 Å². The Hall–Kier alpha value is -3.81. The van der Waals surface area contributed by atoms with Gasteiger partial charge in [-0.3, -0.25) is 24.4 Å². The lowest BCUT2D eigenvalue weighted by Gasteiger charge is -2.17. The summed E-state index contributed by atoms with van der Waals surface area (Å²) in [4.78, 5) is 41.6. The van der Waals surface area contributed by atoms with Crippen molar-refractivity contribution < 1.29 is 18.5 Å². The van der Waals surface area contributed by atoms with E-state index in [1.54, 1.807) is 49.0 Å². The van der Waals surface area contributed by atoms with Crippen LogP contribution in [-0.2, 0) is 9.59 Å². The van der Waals surface area contributed by atoms with E-state index in [0.29, 0.717) is 11.4 Å². The van der Waals surface area contributed by atoms with Crippen LogP contribution in [0, 0.1) is 5.82 Å². The molecule has 0 atom stereocenters. The number of pyridine rings is 1. The molecule has 0 fully saturated rings. The topological polar surface area (TPSA) is 79.1 Å². The van der Waals surface area contributed by atoms with Gasteiger partial charge in [-0.05, 0) is 44.0 Å². The van der Waals surface area contributed by atoms with E-state index in [4.69, 9.17) is 0 Å². The number of amides is 2. The molecule has 1 N–H and O–H groups in total. The molecule has 0 unspecified atom stereocenters. The number of nitrogens with zero attached hydrogens (tertiary/aromatic N) is 3. The molecule has 0 radical (unpaired) electrons. The van der Waals surface area contributed by atoms with E-state index in [2.05, 4.69) is 5.10 Å². The fourth-order valence-electron chi connectivity index (χ4n) is 3.90. The monoisotopic (exact) mass is 435 g/mol. The standard InChI is InChI=1S/C24H23FN4O3/c1-14(2)20-18(23(31)29(26-20)17-10-8-16(25)9-11-17)19-21(27-12-6-5-7-13-27)24(32)28(15(3)4)22(19)30/h5-15H,1-4H3/p+1. The van der Waals surface area contributed by atoms with Crippen LogP contribution in [0.15, 0.2) is 59.7 Å². The summed E-state index contributed by atoms with van der Waals surface area (Å²) in [6.45, 7) is 7.29. The minimum atomic E-state index is -0.513. The first-order chi connectivity index (χ1) is 15.2. The summed E-state index contributed by atoms with van der Waals surface area (Å²) in [6.07, 6.45) is 3.34. The molecule has 7 nitrogen and oxygen atoms in total. The number of halogens is 1. The maximum atomic E-state index is 13.6. The lowest BCUT2D eigenvalue weighted by Crippen LogP contribution is -2.42. The average molecular weight is 435 g/mol. The summed E-state index contributed by atoms with van der Waals surface area (Å²) in [5.41, 5.74) is 0.819. The van der Waals surface area contributed by atoms with E-state index in [9.17, 15) is 18.8 Å². The highest BCUT2D eigenvalue weighted by atomic mass is 19.1. The number of aromatic amines is 1. The van der Waals surface area contributed by atoms with Crippen LogP contribution < -0.4 is 10.1 Å². The van der Waals surface area contributed by atoms with E-state index in [1.165, 1.54) is 33.8 Å². The van der Waals surface area contributed by atoms with Crippen molar-refractivity contribution in [2.45, 2.75) is 39.7 Å². The SMILES string of the molecule is CC(C)c1[nH]n(-c2ccc(F)cc2)c(=O)c1C1=C([n+]2ccccc2)C(=O)N(C(C)C)C1=O. The maximum absolute atomic E-state index is 13.6. The average Bonchev–Trinajstić information content (AvgIpc) is 3.22. The van der Waals surface area contributed by atoms with Crippen molar-refractivity contribution in [3.63, 3.8) is 0 Å². The predicted octanol–water partition coefficient (Wildman–Crippen LogP) is 2.86. The highest BCUT2D eigenvalue weighted by Crippen LogP contribution is 2.33. The molecule has 0 saturated carbocycles. The first-order valence-corrected chi connectivity index (χ1v) is 10.4. The molecular formula is C24H24FN4O3+. The quantitative estimate of drug-likeness (QED) is 0.495. The van der Waals surface area contributed by atoms with E-state index in [1.807, 2.05) is 13.8 Å². The summed E-state index contributed by atoms with van der Waals surface area (Å²) >= 11 is 0. The molecule has 0 spiro atoms. The molecule has 1 aromatic carbocycles. The van der Waals surface area contributed by atoms with Gasteiger partial charge in [0.05, 0.1) is 11.3 Å². The number of carbonyl (C=O) groups excluding carboxylic acids is 2. The number of nitrogens with one attached hydrogen (secondary N) is 1. The Balaban J connectivity index is 2.04. The Morgan fingerprint density at radius 2 is 1.53 bits per heavy atom. The van der Waals surface area contributed by atoms with Crippen LogP contribution in [0.5, 0.6) is 0 Å². The second kappa shape index (κ2) is 8.03. The van der Waals surface area contributed by atoms with Crippen molar-refractivity contribution in [1.29, 1.82) is 0 Å². The highest BCUT2D eigenvalue weighted by molar-refractivity contribution is 6.44. The Labute approximate surface area is 184 Å². The summed E-state index contributed by atoms with van der Waals surface area (Å²) in [6, 6.07) is 10.4. The van der Waals surface area contributed by atoms with Gasteiger partial charge in [-0.2, -0.15) is 4.57 Å². The van der Waals surface area contributed by atoms with E-state index in [-0.39, 0.29) is 28.8 Å². The van der Waals surface area contributed by atoms with Crippen molar-refractivity contribution >= 4 is 23.1 Å². The van der Waals surface area contributed by atoms with Crippen LogP contribution in [0.25, 0.3) is 17.0 Å². The molecule has 164 valence electrons. The number of rotatable bonds is 5. The zero-order valence-electron chi connectivity index (χ0n) is 18.3. The van der Waals surface area contributed by atoms with E-state index >= 15 is 0 Å². The fourth-order valence-corrected chi connectivity index (χ4v) is 3.90. The third-order valence-electron chi connectivity index (χ3n) is 5.41. The second-order valence-corrected chi connectivity index (χ2v) is 8.25. The summed E-state index contributed by atoms with van der Waals surface area (Å²) in [7, 11) is 0. The number of carbonyl (C=O) groups is 2. The highest BCUT2D eigenvalue weighted by Gasteiger charge is 2.48. The molecular weight excluding hydrogens is 411 g/mol. The molecule has 3 heterocycles. The molecule has 0 bridgehead atoms. The first kappa shape index (κ1) is 21.4. The van der Waals surface area contributed by atoms with Crippen molar-refractivity contribution in [3.8, 4) is 5.69 Å². The smallest absolute Gasteiger partial charge is 0.294 e. The maximum Gasteiger partial charge on any atom is 0.327 e. The molecule has 2 aromatic heterocycles. The number of aromatic nitrogens is 3. The van der Waals surface area contributed by atoms with Crippen LogP contribution >= 0.6 is 0 Å². The van der Waals surface area contributed by atoms with Crippen molar-refractivity contribution in [2.24, 2.45) is 0 Å². The molecule has 8 heteroatoms.